The van der Waals surface area contributed by atoms with E-state index in [0.29, 0.717) is 11.3 Å². The third kappa shape index (κ3) is 5.64. The Morgan fingerprint density at radius 1 is 0.938 bits per heavy atom. The second-order valence-electron chi connectivity index (χ2n) is 7.39. The third-order valence-electron chi connectivity index (χ3n) is 5.15. The van der Waals surface area contributed by atoms with Crippen LogP contribution in [0.3, 0.4) is 0 Å². The van der Waals surface area contributed by atoms with Gasteiger partial charge in [-0.3, -0.25) is 9.59 Å². The van der Waals surface area contributed by atoms with Gasteiger partial charge in [-0.05, 0) is 35.8 Å². The van der Waals surface area contributed by atoms with Gasteiger partial charge in [0, 0.05) is 23.9 Å². The number of ether oxygens (including phenoxy) is 1. The maximum absolute atomic E-state index is 13.4. The van der Waals surface area contributed by atoms with E-state index in [1.54, 1.807) is 20.2 Å². The Morgan fingerprint density at radius 2 is 1.59 bits per heavy atom. The number of para-hydroxylation sites is 2. The van der Waals surface area contributed by atoms with Crippen molar-refractivity contribution >= 4 is 29.2 Å². The van der Waals surface area contributed by atoms with Gasteiger partial charge in [0.25, 0.3) is 5.91 Å². The molecule has 2 amide bonds. The third-order valence-corrected chi connectivity index (χ3v) is 5.15. The molecule has 0 aromatic heterocycles. The molecule has 0 unspecified atom stereocenters. The summed E-state index contributed by atoms with van der Waals surface area (Å²) in [6, 6.07) is 24.6. The summed E-state index contributed by atoms with van der Waals surface area (Å²) in [5.74, 6) is 0.179. The van der Waals surface area contributed by atoms with E-state index in [9.17, 15) is 9.59 Å². The van der Waals surface area contributed by atoms with E-state index in [4.69, 9.17) is 4.74 Å². The van der Waals surface area contributed by atoms with Crippen molar-refractivity contribution in [3.05, 3.63) is 95.6 Å². The van der Waals surface area contributed by atoms with Crippen molar-refractivity contribution in [2.24, 2.45) is 0 Å². The minimum absolute atomic E-state index is 0.0625. The summed E-state index contributed by atoms with van der Waals surface area (Å²) >= 11 is 0. The standard InChI is InChI=1S/C27H28N2O3/c1-4-20-12-8-10-16-24(20)28-26(30)19-29(2)27(31)23(21-13-6-5-7-14-21)18-22-15-9-11-17-25(22)32-3/h5-18H,4,19H2,1-3H3,(H,28,30)/b23-18+. The molecule has 0 atom stereocenters. The van der Waals surface area contributed by atoms with Gasteiger partial charge < -0.3 is 15.0 Å². The first-order valence-corrected chi connectivity index (χ1v) is 10.6. The van der Waals surface area contributed by atoms with Gasteiger partial charge in [-0.15, -0.1) is 0 Å². The number of likely N-dealkylation sites (N-methyl/N-ethyl adjacent to an activating group) is 1. The summed E-state index contributed by atoms with van der Waals surface area (Å²) < 4.78 is 5.44. The lowest BCUT2D eigenvalue weighted by atomic mass is 10.0. The molecule has 0 fully saturated rings. The first-order chi connectivity index (χ1) is 15.5. The van der Waals surface area contributed by atoms with Crippen molar-refractivity contribution in [3.8, 4) is 5.75 Å². The van der Waals surface area contributed by atoms with Crippen molar-refractivity contribution in [2.45, 2.75) is 13.3 Å². The van der Waals surface area contributed by atoms with Crippen molar-refractivity contribution in [2.75, 3.05) is 26.0 Å². The zero-order chi connectivity index (χ0) is 22.9. The summed E-state index contributed by atoms with van der Waals surface area (Å²) in [5.41, 5.74) is 3.87. The molecule has 0 aliphatic carbocycles. The highest BCUT2D eigenvalue weighted by Crippen LogP contribution is 2.26. The van der Waals surface area contributed by atoms with Crippen molar-refractivity contribution < 1.29 is 14.3 Å². The van der Waals surface area contributed by atoms with Crippen LogP contribution in [-0.2, 0) is 16.0 Å². The Balaban J connectivity index is 1.84. The lowest BCUT2D eigenvalue weighted by Gasteiger charge is -2.20. The van der Waals surface area contributed by atoms with Gasteiger partial charge in [-0.2, -0.15) is 0 Å². The minimum atomic E-state index is -0.249. The van der Waals surface area contributed by atoms with Gasteiger partial charge in [0.2, 0.25) is 5.91 Å². The Kier molecular flexibility index (Phi) is 7.81. The van der Waals surface area contributed by atoms with Crippen LogP contribution in [0.5, 0.6) is 5.75 Å². The van der Waals surface area contributed by atoms with E-state index in [2.05, 4.69) is 5.32 Å². The predicted molar refractivity (Wildman–Crippen MR) is 129 cm³/mol. The molecular weight excluding hydrogens is 400 g/mol. The van der Waals surface area contributed by atoms with Crippen LogP contribution in [0.15, 0.2) is 78.9 Å². The summed E-state index contributed by atoms with van der Waals surface area (Å²) in [4.78, 5) is 27.5. The topological polar surface area (TPSA) is 58.6 Å². The number of rotatable bonds is 8. The molecule has 3 aromatic carbocycles. The van der Waals surface area contributed by atoms with Gasteiger partial charge >= 0.3 is 0 Å². The number of nitrogens with one attached hydrogen (secondary N) is 1. The number of amides is 2. The second-order valence-corrected chi connectivity index (χ2v) is 7.39. The summed E-state index contributed by atoms with van der Waals surface area (Å²) in [6.07, 6.45) is 2.61. The average molecular weight is 429 g/mol. The highest BCUT2D eigenvalue weighted by Gasteiger charge is 2.20. The SMILES string of the molecule is CCc1ccccc1NC(=O)CN(C)C(=O)/C(=C/c1ccccc1OC)c1ccccc1. The van der Waals surface area contributed by atoms with E-state index in [0.717, 1.165) is 28.8 Å². The maximum Gasteiger partial charge on any atom is 0.254 e. The van der Waals surface area contributed by atoms with Gasteiger partial charge in [0.15, 0.2) is 0 Å². The monoisotopic (exact) mass is 428 g/mol. The van der Waals surface area contributed by atoms with Gasteiger partial charge in [0.05, 0.1) is 13.7 Å². The molecule has 0 saturated carbocycles. The fourth-order valence-corrected chi connectivity index (χ4v) is 3.46. The van der Waals surface area contributed by atoms with Crippen LogP contribution in [0.2, 0.25) is 0 Å². The highest BCUT2D eigenvalue weighted by atomic mass is 16.5. The zero-order valence-corrected chi connectivity index (χ0v) is 18.7. The number of methoxy groups -OCH3 is 1. The molecule has 0 aliphatic heterocycles. The Morgan fingerprint density at radius 3 is 2.31 bits per heavy atom. The van der Waals surface area contributed by atoms with E-state index >= 15 is 0 Å². The number of carbonyl (C=O) groups is 2. The van der Waals surface area contributed by atoms with Crippen molar-refractivity contribution in [1.29, 1.82) is 0 Å². The Hall–Kier alpha value is -3.86. The van der Waals surface area contributed by atoms with Gasteiger partial charge in [-0.1, -0.05) is 73.7 Å². The molecule has 164 valence electrons. The lowest BCUT2D eigenvalue weighted by Crippen LogP contribution is -2.35. The normalized spacial score (nSPS) is 11.0. The van der Waals surface area contributed by atoms with Crippen LogP contribution in [0.25, 0.3) is 11.6 Å². The summed E-state index contributed by atoms with van der Waals surface area (Å²) in [7, 11) is 3.23. The number of anilines is 1. The highest BCUT2D eigenvalue weighted by molar-refractivity contribution is 6.24. The molecule has 5 heteroatoms. The van der Waals surface area contributed by atoms with Crippen LogP contribution < -0.4 is 10.1 Å². The summed E-state index contributed by atoms with van der Waals surface area (Å²) in [6.45, 7) is 1.97. The molecule has 0 saturated heterocycles. The molecule has 3 rings (SSSR count). The van der Waals surface area contributed by atoms with E-state index < -0.39 is 0 Å². The van der Waals surface area contributed by atoms with Crippen molar-refractivity contribution in [3.63, 3.8) is 0 Å². The van der Waals surface area contributed by atoms with E-state index in [1.165, 1.54) is 4.90 Å². The Bertz CT molecular complexity index is 1110. The number of hydrogen-bond donors (Lipinski definition) is 1. The number of aryl methyl sites for hydroxylation is 1. The molecule has 0 radical (unpaired) electrons. The zero-order valence-electron chi connectivity index (χ0n) is 18.7. The second kappa shape index (κ2) is 11.0. The maximum atomic E-state index is 13.4. The molecular formula is C27H28N2O3. The van der Waals surface area contributed by atoms with Crippen LogP contribution in [0.1, 0.15) is 23.6 Å². The summed E-state index contributed by atoms with van der Waals surface area (Å²) in [5, 5.41) is 2.92. The number of carbonyl (C=O) groups excluding carboxylic acids is 2. The fourth-order valence-electron chi connectivity index (χ4n) is 3.46. The fraction of sp³-hybridized carbons (Fsp3) is 0.185. The predicted octanol–water partition coefficient (Wildman–Crippen LogP) is 4.90. The average Bonchev–Trinajstić information content (AvgIpc) is 2.83. The molecule has 5 nitrogen and oxygen atoms in total. The van der Waals surface area contributed by atoms with Crippen LogP contribution >= 0.6 is 0 Å². The van der Waals surface area contributed by atoms with E-state index in [1.807, 2.05) is 85.8 Å². The number of nitrogens with zero attached hydrogens (tertiary/aromatic N) is 1. The molecule has 0 aliphatic rings. The van der Waals surface area contributed by atoms with Crippen LogP contribution in [0.4, 0.5) is 5.69 Å². The lowest BCUT2D eigenvalue weighted by molar-refractivity contribution is -0.128. The van der Waals surface area contributed by atoms with Gasteiger partial charge in [0.1, 0.15) is 5.75 Å². The first kappa shape index (κ1) is 22.8. The smallest absolute Gasteiger partial charge is 0.254 e. The minimum Gasteiger partial charge on any atom is -0.496 e. The largest absolute Gasteiger partial charge is 0.496 e. The molecule has 0 bridgehead atoms. The molecule has 0 spiro atoms. The Labute approximate surface area is 189 Å². The molecule has 32 heavy (non-hydrogen) atoms. The molecule has 1 N–H and O–H groups in total. The first-order valence-electron chi connectivity index (χ1n) is 10.6. The van der Waals surface area contributed by atoms with E-state index in [-0.39, 0.29) is 18.4 Å². The number of hydrogen-bond acceptors (Lipinski definition) is 3. The van der Waals surface area contributed by atoms with Crippen LogP contribution in [-0.4, -0.2) is 37.4 Å². The van der Waals surface area contributed by atoms with Crippen molar-refractivity contribution in [1.82, 2.24) is 4.90 Å². The molecule has 0 heterocycles. The van der Waals surface area contributed by atoms with Gasteiger partial charge in [-0.25, -0.2) is 0 Å². The molecule has 3 aromatic rings. The quantitative estimate of drug-likeness (QED) is 0.410. The van der Waals surface area contributed by atoms with Crippen LogP contribution in [0, 0.1) is 0 Å². The number of benzene rings is 3.